The van der Waals surface area contributed by atoms with Crippen molar-refractivity contribution in [2.45, 2.75) is 19.2 Å². The van der Waals surface area contributed by atoms with Gasteiger partial charge in [-0.2, -0.15) is 13.2 Å². The summed E-state index contributed by atoms with van der Waals surface area (Å²) >= 11 is 5.82. The van der Waals surface area contributed by atoms with Gasteiger partial charge in [-0.25, -0.2) is 4.79 Å². The molecular weight excluding hydrogens is 431 g/mol. The van der Waals surface area contributed by atoms with Crippen molar-refractivity contribution in [1.29, 1.82) is 0 Å². The van der Waals surface area contributed by atoms with Gasteiger partial charge in [-0.3, -0.25) is 14.9 Å². The molecule has 7 nitrogen and oxygen atoms in total. The minimum Gasteiger partial charge on any atom is -0.456 e. The van der Waals surface area contributed by atoms with E-state index in [0.717, 1.165) is 30.3 Å². The van der Waals surface area contributed by atoms with Gasteiger partial charge in [0.05, 0.1) is 15.5 Å². The summed E-state index contributed by atoms with van der Waals surface area (Å²) in [6.07, 6.45) is -2.82. The maximum atomic E-state index is 12.7. The van der Waals surface area contributed by atoms with E-state index in [0.29, 0.717) is 12.4 Å². The van der Waals surface area contributed by atoms with Crippen molar-refractivity contribution in [3.8, 4) is 11.5 Å². The molecule has 0 aliphatic heterocycles. The zero-order valence-electron chi connectivity index (χ0n) is 15.2. The molecule has 0 amide bonds. The maximum absolute atomic E-state index is 12.7. The van der Waals surface area contributed by atoms with E-state index >= 15 is 0 Å². The standard InChI is InChI=1S/C19H13ClF3NO6/c1-2-3-13(10-25)30-18(26)14-9-12(5-6-16(14)24(27)28)29-17-7-4-11(8-15(17)20)19(21,22)23/h2-10,13H,1H3. The number of carbonyl (C=O) groups is 2. The molecule has 0 saturated heterocycles. The summed E-state index contributed by atoms with van der Waals surface area (Å²) in [6, 6.07) is 5.42. The number of rotatable bonds is 7. The number of hydrogen-bond acceptors (Lipinski definition) is 6. The quantitative estimate of drug-likeness (QED) is 0.188. The number of esters is 1. The van der Waals surface area contributed by atoms with E-state index < -0.39 is 40.0 Å². The third-order valence-corrected chi connectivity index (χ3v) is 3.93. The van der Waals surface area contributed by atoms with E-state index in [2.05, 4.69) is 0 Å². The molecule has 0 radical (unpaired) electrons. The molecule has 2 aromatic carbocycles. The fraction of sp³-hybridized carbons (Fsp3) is 0.158. The van der Waals surface area contributed by atoms with Crippen molar-refractivity contribution in [2.24, 2.45) is 0 Å². The van der Waals surface area contributed by atoms with E-state index in [1.165, 1.54) is 12.2 Å². The van der Waals surface area contributed by atoms with E-state index in [4.69, 9.17) is 21.1 Å². The van der Waals surface area contributed by atoms with Crippen LogP contribution < -0.4 is 4.74 Å². The maximum Gasteiger partial charge on any atom is 0.416 e. The fourth-order valence-electron chi connectivity index (χ4n) is 2.28. The molecule has 0 aliphatic carbocycles. The second kappa shape index (κ2) is 9.40. The molecule has 0 aliphatic rings. The molecule has 0 aromatic heterocycles. The Morgan fingerprint density at radius 2 is 1.93 bits per heavy atom. The first-order valence-corrected chi connectivity index (χ1v) is 8.56. The molecule has 11 heteroatoms. The molecule has 2 aromatic rings. The third kappa shape index (κ3) is 5.57. The molecule has 0 fully saturated rings. The topological polar surface area (TPSA) is 95.7 Å². The van der Waals surface area contributed by atoms with Crippen molar-refractivity contribution in [3.63, 3.8) is 0 Å². The Balaban J connectivity index is 2.37. The lowest BCUT2D eigenvalue weighted by atomic mass is 10.1. The number of nitrogens with zero attached hydrogens (tertiary/aromatic N) is 1. The smallest absolute Gasteiger partial charge is 0.416 e. The van der Waals surface area contributed by atoms with Crippen LogP contribution >= 0.6 is 11.6 Å². The SMILES string of the molecule is CC=CC(C=O)OC(=O)c1cc(Oc2ccc(C(F)(F)F)cc2Cl)ccc1[N+](=O)[O-]. The number of benzene rings is 2. The highest BCUT2D eigenvalue weighted by atomic mass is 35.5. The summed E-state index contributed by atoms with van der Waals surface area (Å²) < 4.78 is 48.5. The predicted octanol–water partition coefficient (Wildman–Crippen LogP) is 5.36. The fourth-order valence-corrected chi connectivity index (χ4v) is 2.50. The van der Waals surface area contributed by atoms with Gasteiger partial charge >= 0.3 is 12.1 Å². The van der Waals surface area contributed by atoms with Crippen molar-refractivity contribution in [1.82, 2.24) is 0 Å². The van der Waals surface area contributed by atoms with Gasteiger partial charge in [0.15, 0.2) is 12.4 Å². The number of ether oxygens (including phenoxy) is 2. The van der Waals surface area contributed by atoms with Gasteiger partial charge < -0.3 is 9.47 Å². The number of carbonyl (C=O) groups excluding carboxylic acids is 2. The zero-order valence-corrected chi connectivity index (χ0v) is 15.9. The molecule has 30 heavy (non-hydrogen) atoms. The molecule has 0 heterocycles. The van der Waals surface area contributed by atoms with Gasteiger partial charge in [0.1, 0.15) is 17.1 Å². The molecule has 158 valence electrons. The van der Waals surface area contributed by atoms with E-state index in [9.17, 15) is 32.9 Å². The largest absolute Gasteiger partial charge is 0.456 e. The monoisotopic (exact) mass is 443 g/mol. The lowest BCUT2D eigenvalue weighted by Gasteiger charge is -2.12. The summed E-state index contributed by atoms with van der Waals surface area (Å²) in [5.41, 5.74) is -2.12. The van der Waals surface area contributed by atoms with E-state index in [1.54, 1.807) is 6.92 Å². The number of nitro benzene ring substituents is 1. The summed E-state index contributed by atoms with van der Waals surface area (Å²) in [6.45, 7) is 1.58. The third-order valence-electron chi connectivity index (χ3n) is 3.63. The Morgan fingerprint density at radius 1 is 1.23 bits per heavy atom. The van der Waals surface area contributed by atoms with Crippen molar-refractivity contribution < 1.29 is 37.2 Å². The van der Waals surface area contributed by atoms with Crippen LogP contribution in [0.2, 0.25) is 5.02 Å². The normalized spacial score (nSPS) is 12.4. The van der Waals surface area contributed by atoms with Gasteiger partial charge in [-0.15, -0.1) is 0 Å². The minimum atomic E-state index is -4.60. The van der Waals surface area contributed by atoms with Crippen LogP contribution in [0.15, 0.2) is 48.6 Å². The van der Waals surface area contributed by atoms with Crippen LogP contribution in [-0.4, -0.2) is 23.3 Å². The molecule has 1 unspecified atom stereocenters. The molecule has 2 rings (SSSR count). The van der Waals surface area contributed by atoms with Gasteiger partial charge in [0, 0.05) is 12.1 Å². The van der Waals surface area contributed by atoms with Crippen molar-refractivity contribution in [3.05, 3.63) is 74.8 Å². The summed E-state index contributed by atoms with van der Waals surface area (Å²) in [5, 5.41) is 10.8. The second-order valence-electron chi connectivity index (χ2n) is 5.71. The number of hydrogen-bond donors (Lipinski definition) is 0. The Bertz CT molecular complexity index is 1010. The summed E-state index contributed by atoms with van der Waals surface area (Å²) in [7, 11) is 0. The molecular formula is C19H13ClF3NO6. The predicted molar refractivity (Wildman–Crippen MR) is 99.7 cm³/mol. The van der Waals surface area contributed by atoms with Crippen LogP contribution in [0.1, 0.15) is 22.8 Å². The first kappa shape index (κ1) is 22.9. The minimum absolute atomic E-state index is 0.122. The van der Waals surface area contributed by atoms with Gasteiger partial charge in [0.2, 0.25) is 0 Å². The van der Waals surface area contributed by atoms with Crippen molar-refractivity contribution >= 4 is 29.5 Å². The molecule has 0 saturated carbocycles. The highest BCUT2D eigenvalue weighted by Crippen LogP contribution is 2.37. The van der Waals surface area contributed by atoms with Gasteiger partial charge in [0.25, 0.3) is 5.69 Å². The second-order valence-corrected chi connectivity index (χ2v) is 6.12. The van der Waals surface area contributed by atoms with Crippen molar-refractivity contribution in [2.75, 3.05) is 0 Å². The summed E-state index contributed by atoms with van der Waals surface area (Å²) in [4.78, 5) is 33.6. The summed E-state index contributed by atoms with van der Waals surface area (Å²) in [5.74, 6) is -1.46. The Kier molecular flexibility index (Phi) is 7.17. The van der Waals surface area contributed by atoms with Crippen LogP contribution in [-0.2, 0) is 15.7 Å². The van der Waals surface area contributed by atoms with E-state index in [1.807, 2.05) is 0 Å². The first-order valence-electron chi connectivity index (χ1n) is 8.19. The number of allylic oxidation sites excluding steroid dienone is 1. The Labute approximate surface area is 172 Å². The van der Waals surface area contributed by atoms with Gasteiger partial charge in [-0.05, 0) is 37.3 Å². The average Bonchev–Trinajstić information content (AvgIpc) is 2.68. The molecule has 1 atom stereocenters. The molecule has 0 N–H and O–H groups in total. The highest BCUT2D eigenvalue weighted by molar-refractivity contribution is 6.32. The van der Waals surface area contributed by atoms with E-state index in [-0.39, 0.29) is 16.5 Å². The number of aldehydes is 1. The lowest BCUT2D eigenvalue weighted by Crippen LogP contribution is -2.18. The number of halogens is 4. The van der Waals surface area contributed by atoms with Crippen LogP contribution in [0, 0.1) is 10.1 Å². The zero-order chi connectivity index (χ0) is 22.5. The first-order chi connectivity index (χ1) is 14.1. The highest BCUT2D eigenvalue weighted by Gasteiger charge is 2.31. The van der Waals surface area contributed by atoms with Crippen LogP contribution in [0.4, 0.5) is 18.9 Å². The van der Waals surface area contributed by atoms with Crippen LogP contribution in [0.25, 0.3) is 0 Å². The Hall–Kier alpha value is -3.40. The average molecular weight is 444 g/mol. The Morgan fingerprint density at radius 3 is 2.47 bits per heavy atom. The number of alkyl halides is 3. The molecule has 0 bridgehead atoms. The van der Waals surface area contributed by atoms with Crippen LogP contribution in [0.3, 0.4) is 0 Å². The number of nitro groups is 1. The van der Waals surface area contributed by atoms with Crippen LogP contribution in [0.5, 0.6) is 11.5 Å². The van der Waals surface area contributed by atoms with Gasteiger partial charge in [-0.1, -0.05) is 17.7 Å². The molecule has 0 spiro atoms. The lowest BCUT2D eigenvalue weighted by molar-refractivity contribution is -0.385.